The molecule has 2 aromatic heterocycles. The standard InChI is InChI=1S/C29H33N5O4/c30-27-31-19-28(23-11-13-37-25(23)17-35-15-21-7-3-1-4-8-21)29(34-27,33-20-32-28)24-12-14-38-26(24)18-36-16-22-9-5-2-6-10-22/h1-14,27,31-34H,15-20,30H2. The van der Waals surface area contributed by atoms with Gasteiger partial charge in [-0.25, -0.2) is 0 Å². The van der Waals surface area contributed by atoms with Crippen molar-refractivity contribution < 1.29 is 18.3 Å². The molecule has 198 valence electrons. The molecule has 4 heterocycles. The largest absolute Gasteiger partial charge is 0.467 e. The first kappa shape index (κ1) is 25.0. The van der Waals surface area contributed by atoms with Crippen LogP contribution in [0.3, 0.4) is 0 Å². The molecule has 0 saturated carbocycles. The molecule has 2 fully saturated rings. The summed E-state index contributed by atoms with van der Waals surface area (Å²) in [6.45, 7) is 2.74. The maximum absolute atomic E-state index is 6.40. The van der Waals surface area contributed by atoms with Crippen LogP contribution in [0.5, 0.6) is 0 Å². The molecule has 4 aromatic rings. The molecule has 2 aliphatic heterocycles. The third-order valence-corrected chi connectivity index (χ3v) is 7.39. The topological polar surface area (TPSA) is 119 Å². The maximum atomic E-state index is 6.40. The van der Waals surface area contributed by atoms with E-state index in [4.69, 9.17) is 24.0 Å². The number of nitrogens with two attached hydrogens (primary N) is 1. The molecule has 3 unspecified atom stereocenters. The normalized spacial score (nSPS) is 24.9. The second-order valence-corrected chi connectivity index (χ2v) is 9.66. The van der Waals surface area contributed by atoms with Crippen LogP contribution in [-0.4, -0.2) is 19.5 Å². The third kappa shape index (κ3) is 4.59. The number of ether oxygens (including phenoxy) is 2. The van der Waals surface area contributed by atoms with E-state index in [1.54, 1.807) is 12.5 Å². The molecule has 3 atom stereocenters. The second-order valence-electron chi connectivity index (χ2n) is 9.66. The van der Waals surface area contributed by atoms with Gasteiger partial charge in [-0.15, -0.1) is 0 Å². The number of nitrogens with one attached hydrogen (secondary N) is 4. The minimum absolute atomic E-state index is 0.319. The lowest BCUT2D eigenvalue weighted by molar-refractivity contribution is 0.0597. The summed E-state index contributed by atoms with van der Waals surface area (Å²) in [5.41, 5.74) is 9.12. The van der Waals surface area contributed by atoms with E-state index < -0.39 is 17.5 Å². The van der Waals surface area contributed by atoms with Crippen LogP contribution in [0.2, 0.25) is 0 Å². The average molecular weight is 516 g/mol. The molecule has 2 aromatic carbocycles. The van der Waals surface area contributed by atoms with Crippen molar-refractivity contribution in [2.24, 2.45) is 5.73 Å². The Balaban J connectivity index is 1.27. The summed E-state index contributed by atoms with van der Waals surface area (Å²) in [4.78, 5) is 0. The summed E-state index contributed by atoms with van der Waals surface area (Å²) in [5, 5.41) is 14.3. The molecule has 6 N–H and O–H groups in total. The molecular weight excluding hydrogens is 482 g/mol. The Bertz CT molecular complexity index is 1330. The Morgan fingerprint density at radius 1 is 0.737 bits per heavy atom. The molecule has 38 heavy (non-hydrogen) atoms. The number of fused-ring (bicyclic) bond motifs is 1. The van der Waals surface area contributed by atoms with Gasteiger partial charge in [0.05, 0.1) is 31.3 Å². The Labute approximate surface area is 221 Å². The quantitative estimate of drug-likeness (QED) is 0.217. The number of rotatable bonds is 10. The molecular formula is C29H33N5O4. The molecule has 2 saturated heterocycles. The number of hydrogen-bond acceptors (Lipinski definition) is 9. The van der Waals surface area contributed by atoms with E-state index in [0.29, 0.717) is 39.6 Å². The van der Waals surface area contributed by atoms with Crippen molar-refractivity contribution in [3.05, 3.63) is 119 Å². The van der Waals surface area contributed by atoms with E-state index in [2.05, 4.69) is 21.3 Å². The first-order valence-corrected chi connectivity index (χ1v) is 12.8. The predicted octanol–water partition coefficient (Wildman–Crippen LogP) is 2.94. The third-order valence-electron chi connectivity index (χ3n) is 7.39. The number of hydrogen-bond donors (Lipinski definition) is 5. The zero-order valence-corrected chi connectivity index (χ0v) is 21.1. The van der Waals surface area contributed by atoms with E-state index in [1.807, 2.05) is 72.8 Å². The van der Waals surface area contributed by atoms with Crippen LogP contribution < -0.4 is 27.0 Å². The first-order chi connectivity index (χ1) is 18.7. The van der Waals surface area contributed by atoms with Gasteiger partial charge in [0.15, 0.2) is 0 Å². The van der Waals surface area contributed by atoms with E-state index >= 15 is 0 Å². The minimum atomic E-state index is -0.784. The highest BCUT2D eigenvalue weighted by atomic mass is 16.5. The van der Waals surface area contributed by atoms with Crippen LogP contribution in [0.4, 0.5) is 0 Å². The van der Waals surface area contributed by atoms with Gasteiger partial charge in [-0.3, -0.25) is 21.3 Å². The van der Waals surface area contributed by atoms with Gasteiger partial charge in [-0.05, 0) is 23.3 Å². The zero-order chi connectivity index (χ0) is 25.8. The van der Waals surface area contributed by atoms with Crippen molar-refractivity contribution in [3.8, 4) is 0 Å². The Kier molecular flexibility index (Phi) is 7.14. The summed E-state index contributed by atoms with van der Waals surface area (Å²) in [7, 11) is 0. The first-order valence-electron chi connectivity index (χ1n) is 12.8. The van der Waals surface area contributed by atoms with Crippen molar-refractivity contribution in [3.63, 3.8) is 0 Å². The molecule has 9 heteroatoms. The molecule has 0 spiro atoms. The van der Waals surface area contributed by atoms with Crippen LogP contribution >= 0.6 is 0 Å². The molecule has 2 aliphatic rings. The van der Waals surface area contributed by atoms with Gasteiger partial charge < -0.3 is 24.0 Å². The van der Waals surface area contributed by atoms with E-state index in [0.717, 1.165) is 33.8 Å². The fourth-order valence-electron chi connectivity index (χ4n) is 5.61. The Morgan fingerprint density at radius 3 is 1.95 bits per heavy atom. The number of benzene rings is 2. The minimum Gasteiger partial charge on any atom is -0.467 e. The predicted molar refractivity (Wildman–Crippen MR) is 141 cm³/mol. The van der Waals surface area contributed by atoms with Gasteiger partial charge in [-0.1, -0.05) is 60.7 Å². The van der Waals surface area contributed by atoms with Gasteiger partial charge >= 0.3 is 0 Å². The zero-order valence-electron chi connectivity index (χ0n) is 21.1. The van der Waals surface area contributed by atoms with Gasteiger partial charge in [0.25, 0.3) is 0 Å². The lowest BCUT2D eigenvalue weighted by Crippen LogP contribution is -2.77. The van der Waals surface area contributed by atoms with Gasteiger partial charge in [0, 0.05) is 24.3 Å². The summed E-state index contributed by atoms with van der Waals surface area (Å²) in [6, 6.07) is 24.2. The second kappa shape index (κ2) is 10.8. The average Bonchev–Trinajstić information content (AvgIpc) is 3.69. The van der Waals surface area contributed by atoms with Gasteiger partial charge in [0.1, 0.15) is 36.7 Å². The van der Waals surface area contributed by atoms with E-state index in [1.165, 1.54) is 0 Å². The van der Waals surface area contributed by atoms with E-state index in [9.17, 15) is 0 Å². The highest BCUT2D eigenvalue weighted by Gasteiger charge is 2.62. The monoisotopic (exact) mass is 515 g/mol. The summed E-state index contributed by atoms with van der Waals surface area (Å²) < 4.78 is 24.0. The molecule has 6 rings (SSSR count). The summed E-state index contributed by atoms with van der Waals surface area (Å²) >= 11 is 0. The lowest BCUT2D eigenvalue weighted by Gasteiger charge is -2.51. The summed E-state index contributed by atoms with van der Waals surface area (Å²) in [6.07, 6.45) is 2.97. The van der Waals surface area contributed by atoms with Gasteiger partial charge in [0.2, 0.25) is 0 Å². The highest BCUT2D eigenvalue weighted by molar-refractivity contribution is 5.43. The smallest absolute Gasteiger partial charge is 0.135 e. The SMILES string of the molecule is NC1NCC2(c3ccoc3COCc3ccccc3)NCNC2(c2ccoc2COCc2ccccc2)N1. The van der Waals surface area contributed by atoms with Crippen LogP contribution in [-0.2, 0) is 47.1 Å². The van der Waals surface area contributed by atoms with Crippen LogP contribution in [0.1, 0.15) is 33.8 Å². The van der Waals surface area contributed by atoms with Crippen molar-refractivity contribution >= 4 is 0 Å². The van der Waals surface area contributed by atoms with Crippen molar-refractivity contribution in [1.29, 1.82) is 0 Å². The lowest BCUT2D eigenvalue weighted by atomic mass is 9.73. The molecule has 0 aliphatic carbocycles. The Morgan fingerprint density at radius 2 is 1.32 bits per heavy atom. The van der Waals surface area contributed by atoms with Crippen molar-refractivity contribution in [2.45, 2.75) is 43.9 Å². The maximum Gasteiger partial charge on any atom is 0.135 e. The van der Waals surface area contributed by atoms with Gasteiger partial charge in [-0.2, -0.15) is 0 Å². The number of furan rings is 2. The fourth-order valence-corrected chi connectivity index (χ4v) is 5.61. The molecule has 9 nitrogen and oxygen atoms in total. The summed E-state index contributed by atoms with van der Waals surface area (Å²) in [5.74, 6) is 1.49. The van der Waals surface area contributed by atoms with Crippen LogP contribution in [0.15, 0.2) is 94.2 Å². The molecule has 0 radical (unpaired) electrons. The van der Waals surface area contributed by atoms with Crippen LogP contribution in [0.25, 0.3) is 0 Å². The highest BCUT2D eigenvalue weighted by Crippen LogP contribution is 2.46. The fraction of sp³-hybridized carbons (Fsp3) is 0.310. The Hall–Kier alpha value is -3.28. The van der Waals surface area contributed by atoms with Crippen LogP contribution in [0, 0.1) is 0 Å². The molecule has 0 bridgehead atoms. The van der Waals surface area contributed by atoms with E-state index in [-0.39, 0.29) is 0 Å². The van der Waals surface area contributed by atoms with Crippen molar-refractivity contribution in [1.82, 2.24) is 21.3 Å². The molecule has 0 amide bonds. The van der Waals surface area contributed by atoms with Crippen molar-refractivity contribution in [2.75, 3.05) is 13.2 Å².